The van der Waals surface area contributed by atoms with E-state index in [0.717, 1.165) is 22.9 Å². The van der Waals surface area contributed by atoms with Crippen molar-refractivity contribution in [1.82, 2.24) is 15.0 Å². The fourth-order valence-corrected chi connectivity index (χ4v) is 5.25. The number of carbonyl (C=O) groups excluding carboxylic acids is 2. The van der Waals surface area contributed by atoms with Gasteiger partial charge in [0, 0.05) is 29.4 Å². The minimum atomic E-state index is -0.356. The van der Waals surface area contributed by atoms with Gasteiger partial charge in [-0.15, -0.1) is 0 Å². The molecule has 2 unspecified atom stereocenters. The summed E-state index contributed by atoms with van der Waals surface area (Å²) in [4.78, 5) is 32.0. The van der Waals surface area contributed by atoms with E-state index in [1.54, 1.807) is 21.9 Å². The molecule has 8 heteroatoms. The second-order valence-electron chi connectivity index (χ2n) is 7.95. The molecule has 2 aromatic carbocycles. The van der Waals surface area contributed by atoms with E-state index >= 15 is 0 Å². The number of nitriles is 1. The number of fused-ring (bicyclic) bond motifs is 6. The number of benzene rings is 2. The van der Waals surface area contributed by atoms with Crippen LogP contribution in [0, 0.1) is 11.3 Å². The first-order chi connectivity index (χ1) is 14.7. The average molecular weight is 399 g/mol. The molecule has 3 aromatic rings. The molecule has 8 nitrogen and oxygen atoms in total. The first kappa shape index (κ1) is 17.2. The van der Waals surface area contributed by atoms with Crippen LogP contribution in [0.2, 0.25) is 0 Å². The Kier molecular flexibility index (Phi) is 3.52. The highest BCUT2D eigenvalue weighted by atomic mass is 16.5. The van der Waals surface area contributed by atoms with E-state index < -0.39 is 0 Å². The fraction of sp³-hybridized carbons (Fsp3) is 0.273. The van der Waals surface area contributed by atoms with Crippen molar-refractivity contribution >= 4 is 28.3 Å². The Hall–Kier alpha value is -3.70. The Morgan fingerprint density at radius 2 is 2.00 bits per heavy atom. The molecule has 30 heavy (non-hydrogen) atoms. The number of hydrogen-bond donors (Lipinski definition) is 0. The van der Waals surface area contributed by atoms with Crippen LogP contribution in [0.1, 0.15) is 22.5 Å². The predicted molar refractivity (Wildman–Crippen MR) is 106 cm³/mol. The zero-order valence-electron chi connectivity index (χ0n) is 15.9. The van der Waals surface area contributed by atoms with E-state index in [0.29, 0.717) is 18.8 Å². The molecule has 3 aliphatic rings. The summed E-state index contributed by atoms with van der Waals surface area (Å²) < 4.78 is 5.04. The standard InChI is InChI=1S/C22H17N5O3/c23-10-13-5-6-17(16-4-2-1-3-15(13)16)27-12-26-14-9-18(20(26)22(27)29)25(11-14)21(28)19-7-8-24-30-19/h1-8,14,18,20H,9,11-12H2/t14?,18?,20-/m1/s1. The Morgan fingerprint density at radius 3 is 2.77 bits per heavy atom. The third kappa shape index (κ3) is 2.21. The predicted octanol–water partition coefficient (Wildman–Crippen LogP) is 1.97. The molecule has 3 saturated heterocycles. The number of nitrogens with zero attached hydrogens (tertiary/aromatic N) is 5. The lowest BCUT2D eigenvalue weighted by atomic mass is 10.0. The zero-order valence-corrected chi connectivity index (χ0v) is 15.9. The minimum absolute atomic E-state index is 0.00701. The van der Waals surface area contributed by atoms with Crippen LogP contribution in [0.25, 0.3) is 10.8 Å². The SMILES string of the molecule is N#Cc1ccc(N2CN3C4CC([C@@H]3C2=O)N(C(=O)c2ccno2)C4)c2ccccc12. The number of likely N-dealkylation sites (tertiary alicyclic amines) is 1. The Morgan fingerprint density at radius 1 is 1.17 bits per heavy atom. The molecule has 4 heterocycles. The van der Waals surface area contributed by atoms with E-state index in [4.69, 9.17) is 4.52 Å². The van der Waals surface area contributed by atoms with Crippen LogP contribution in [0.3, 0.4) is 0 Å². The van der Waals surface area contributed by atoms with Crippen molar-refractivity contribution in [3.8, 4) is 6.07 Å². The fourth-order valence-electron chi connectivity index (χ4n) is 5.25. The molecule has 148 valence electrons. The molecule has 1 aromatic heterocycles. The van der Waals surface area contributed by atoms with Crippen LogP contribution < -0.4 is 4.90 Å². The second-order valence-corrected chi connectivity index (χ2v) is 7.95. The van der Waals surface area contributed by atoms with Crippen LogP contribution >= 0.6 is 0 Å². The monoisotopic (exact) mass is 399 g/mol. The van der Waals surface area contributed by atoms with Crippen molar-refractivity contribution in [3.63, 3.8) is 0 Å². The van der Waals surface area contributed by atoms with E-state index in [1.165, 1.54) is 6.20 Å². The van der Waals surface area contributed by atoms with Gasteiger partial charge in [0.2, 0.25) is 11.7 Å². The number of amides is 2. The van der Waals surface area contributed by atoms with Gasteiger partial charge in [-0.05, 0) is 18.6 Å². The average Bonchev–Trinajstić information content (AvgIpc) is 3.55. The normalized spacial score (nSPS) is 25.2. The molecule has 0 saturated carbocycles. The summed E-state index contributed by atoms with van der Waals surface area (Å²) >= 11 is 0. The maximum atomic E-state index is 13.5. The molecule has 0 aliphatic carbocycles. The summed E-state index contributed by atoms with van der Waals surface area (Å²) in [6.45, 7) is 1.07. The van der Waals surface area contributed by atoms with Crippen molar-refractivity contribution in [2.75, 3.05) is 18.1 Å². The largest absolute Gasteiger partial charge is 0.351 e. The lowest BCUT2D eigenvalue weighted by molar-refractivity contribution is -0.121. The molecule has 0 spiro atoms. The summed E-state index contributed by atoms with van der Waals surface area (Å²) in [5.74, 6) is -0.0170. The molecule has 2 amide bonds. The quantitative estimate of drug-likeness (QED) is 0.654. The summed E-state index contributed by atoms with van der Waals surface area (Å²) in [5, 5.41) is 14.8. The van der Waals surface area contributed by atoms with E-state index in [-0.39, 0.29) is 35.7 Å². The van der Waals surface area contributed by atoms with Gasteiger partial charge in [0.05, 0.1) is 36.2 Å². The first-order valence-corrected chi connectivity index (χ1v) is 9.88. The number of piperazine rings is 1. The Bertz CT molecular complexity index is 1230. The van der Waals surface area contributed by atoms with Gasteiger partial charge < -0.3 is 9.42 Å². The van der Waals surface area contributed by atoms with Gasteiger partial charge in [0.1, 0.15) is 6.04 Å². The Balaban J connectivity index is 1.35. The van der Waals surface area contributed by atoms with Crippen LogP contribution in [0.5, 0.6) is 0 Å². The van der Waals surface area contributed by atoms with Crippen LogP contribution in [0.4, 0.5) is 5.69 Å². The van der Waals surface area contributed by atoms with Gasteiger partial charge in [-0.2, -0.15) is 5.26 Å². The molecule has 2 bridgehead atoms. The number of aromatic nitrogens is 1. The topological polar surface area (TPSA) is 93.7 Å². The second kappa shape index (κ2) is 6.15. The van der Waals surface area contributed by atoms with Crippen LogP contribution in [-0.4, -0.2) is 58.1 Å². The van der Waals surface area contributed by atoms with Crippen molar-refractivity contribution in [1.29, 1.82) is 5.26 Å². The maximum absolute atomic E-state index is 13.5. The minimum Gasteiger partial charge on any atom is -0.351 e. The zero-order chi connectivity index (χ0) is 20.4. The highest BCUT2D eigenvalue weighted by Gasteiger charge is 2.59. The highest BCUT2D eigenvalue weighted by Crippen LogP contribution is 2.43. The Labute approximate surface area is 171 Å². The lowest BCUT2D eigenvalue weighted by Crippen LogP contribution is -2.54. The van der Waals surface area contributed by atoms with Gasteiger partial charge in [0.25, 0.3) is 5.91 Å². The molecule has 0 N–H and O–H groups in total. The number of anilines is 1. The van der Waals surface area contributed by atoms with Gasteiger partial charge in [-0.1, -0.05) is 29.4 Å². The number of hydrogen-bond acceptors (Lipinski definition) is 6. The third-order valence-corrected chi connectivity index (χ3v) is 6.56. The molecule has 6 rings (SSSR count). The van der Waals surface area contributed by atoms with Crippen molar-refractivity contribution in [3.05, 3.63) is 60.0 Å². The molecular weight excluding hydrogens is 382 g/mol. The lowest BCUT2D eigenvalue weighted by Gasteiger charge is -2.34. The van der Waals surface area contributed by atoms with Gasteiger partial charge in [-0.25, -0.2) is 0 Å². The third-order valence-electron chi connectivity index (χ3n) is 6.56. The molecule has 3 atom stereocenters. The summed E-state index contributed by atoms with van der Waals surface area (Å²) in [6.07, 6.45) is 2.24. The van der Waals surface area contributed by atoms with Crippen molar-refractivity contribution in [2.45, 2.75) is 24.5 Å². The van der Waals surface area contributed by atoms with Crippen LogP contribution in [-0.2, 0) is 4.79 Å². The van der Waals surface area contributed by atoms with E-state index in [9.17, 15) is 14.9 Å². The molecule has 0 radical (unpaired) electrons. The van der Waals surface area contributed by atoms with Gasteiger partial charge >= 0.3 is 0 Å². The van der Waals surface area contributed by atoms with E-state index in [1.807, 2.05) is 30.3 Å². The van der Waals surface area contributed by atoms with Crippen molar-refractivity contribution in [2.24, 2.45) is 0 Å². The van der Waals surface area contributed by atoms with Crippen LogP contribution in [0.15, 0.2) is 53.2 Å². The number of carbonyl (C=O) groups is 2. The van der Waals surface area contributed by atoms with Gasteiger partial charge in [0.15, 0.2) is 0 Å². The summed E-state index contributed by atoms with van der Waals surface area (Å²) in [5.41, 5.74) is 1.39. The molecular formula is C22H17N5O3. The summed E-state index contributed by atoms with van der Waals surface area (Å²) in [6, 6.07) is 14.7. The highest BCUT2D eigenvalue weighted by molar-refractivity contribution is 6.08. The maximum Gasteiger partial charge on any atom is 0.292 e. The first-order valence-electron chi connectivity index (χ1n) is 9.88. The summed E-state index contributed by atoms with van der Waals surface area (Å²) in [7, 11) is 0. The number of rotatable bonds is 2. The molecule has 3 fully saturated rings. The van der Waals surface area contributed by atoms with Gasteiger partial charge in [-0.3, -0.25) is 19.4 Å². The van der Waals surface area contributed by atoms with Crippen molar-refractivity contribution < 1.29 is 14.1 Å². The molecule has 3 aliphatic heterocycles. The van der Waals surface area contributed by atoms with E-state index in [2.05, 4.69) is 16.1 Å². The smallest absolute Gasteiger partial charge is 0.292 e.